The zero-order chi connectivity index (χ0) is 14.6. The fourth-order valence-corrected chi connectivity index (χ4v) is 2.83. The van der Waals surface area contributed by atoms with Crippen LogP contribution in [0.1, 0.15) is 45.1 Å². The second-order valence-electron chi connectivity index (χ2n) is 6.54. The summed E-state index contributed by atoms with van der Waals surface area (Å²) in [6.45, 7) is 5.62. The SMILES string of the molecule is COc1cc(CNC2CCC(C)(C)CC2)cc(OC)c1. The summed E-state index contributed by atoms with van der Waals surface area (Å²) in [6, 6.07) is 6.69. The molecule has 1 aliphatic rings. The molecule has 0 aliphatic heterocycles. The van der Waals surface area contributed by atoms with Crippen LogP contribution in [0.4, 0.5) is 0 Å². The van der Waals surface area contributed by atoms with E-state index in [1.54, 1.807) is 14.2 Å². The van der Waals surface area contributed by atoms with Crippen LogP contribution >= 0.6 is 0 Å². The van der Waals surface area contributed by atoms with Crippen LogP contribution in [0, 0.1) is 5.41 Å². The van der Waals surface area contributed by atoms with E-state index in [0.717, 1.165) is 18.0 Å². The summed E-state index contributed by atoms with van der Waals surface area (Å²) in [7, 11) is 3.38. The largest absolute Gasteiger partial charge is 0.497 e. The number of methoxy groups -OCH3 is 2. The van der Waals surface area contributed by atoms with Crippen LogP contribution in [-0.2, 0) is 6.54 Å². The number of nitrogens with one attached hydrogen (secondary N) is 1. The third kappa shape index (κ3) is 4.14. The van der Waals surface area contributed by atoms with E-state index in [9.17, 15) is 0 Å². The third-order valence-corrected chi connectivity index (χ3v) is 4.35. The Morgan fingerprint density at radius 1 is 1.05 bits per heavy atom. The molecule has 2 rings (SSSR count). The Morgan fingerprint density at radius 2 is 1.60 bits per heavy atom. The summed E-state index contributed by atoms with van der Waals surface area (Å²) in [5.74, 6) is 1.71. The van der Waals surface area contributed by atoms with Crippen LogP contribution in [0.5, 0.6) is 11.5 Å². The molecule has 0 aromatic heterocycles. The van der Waals surface area contributed by atoms with Crippen LogP contribution in [-0.4, -0.2) is 20.3 Å². The van der Waals surface area contributed by atoms with Crippen molar-refractivity contribution in [1.29, 1.82) is 0 Å². The lowest BCUT2D eigenvalue weighted by Gasteiger charge is -2.34. The number of hydrogen-bond donors (Lipinski definition) is 1. The maximum Gasteiger partial charge on any atom is 0.122 e. The molecule has 0 atom stereocenters. The van der Waals surface area contributed by atoms with Gasteiger partial charge in [-0.25, -0.2) is 0 Å². The van der Waals surface area contributed by atoms with Gasteiger partial charge in [0, 0.05) is 18.7 Å². The van der Waals surface area contributed by atoms with E-state index in [1.165, 1.54) is 31.2 Å². The lowest BCUT2D eigenvalue weighted by atomic mass is 9.75. The van der Waals surface area contributed by atoms with E-state index in [-0.39, 0.29) is 0 Å². The second-order valence-corrected chi connectivity index (χ2v) is 6.54. The minimum absolute atomic E-state index is 0.525. The zero-order valence-corrected chi connectivity index (χ0v) is 13.2. The highest BCUT2D eigenvalue weighted by molar-refractivity contribution is 5.38. The van der Waals surface area contributed by atoms with Crippen molar-refractivity contribution in [2.45, 2.75) is 52.1 Å². The first kappa shape index (κ1) is 15.2. The number of hydrogen-bond acceptors (Lipinski definition) is 3. The van der Waals surface area contributed by atoms with Crippen LogP contribution in [0.3, 0.4) is 0 Å². The van der Waals surface area contributed by atoms with Gasteiger partial charge in [0.25, 0.3) is 0 Å². The van der Waals surface area contributed by atoms with E-state index in [2.05, 4.69) is 31.3 Å². The predicted molar refractivity (Wildman–Crippen MR) is 82.4 cm³/mol. The maximum absolute atomic E-state index is 5.31. The first-order chi connectivity index (χ1) is 9.52. The van der Waals surface area contributed by atoms with Crippen molar-refractivity contribution in [3.8, 4) is 11.5 Å². The molecule has 3 nitrogen and oxygen atoms in total. The smallest absolute Gasteiger partial charge is 0.122 e. The maximum atomic E-state index is 5.31. The minimum Gasteiger partial charge on any atom is -0.497 e. The number of ether oxygens (including phenoxy) is 2. The molecule has 0 bridgehead atoms. The Balaban J connectivity index is 1.91. The average Bonchev–Trinajstić information content (AvgIpc) is 2.45. The van der Waals surface area contributed by atoms with Crippen molar-refractivity contribution in [3.05, 3.63) is 23.8 Å². The first-order valence-electron chi connectivity index (χ1n) is 7.48. The summed E-state index contributed by atoms with van der Waals surface area (Å²) < 4.78 is 10.6. The Hall–Kier alpha value is -1.22. The summed E-state index contributed by atoms with van der Waals surface area (Å²) in [5, 5.41) is 3.67. The molecule has 0 unspecified atom stereocenters. The molecular weight excluding hydrogens is 250 g/mol. The Kier molecular flexibility index (Phi) is 4.92. The fraction of sp³-hybridized carbons (Fsp3) is 0.647. The molecule has 20 heavy (non-hydrogen) atoms. The Morgan fingerprint density at radius 3 is 2.10 bits per heavy atom. The van der Waals surface area contributed by atoms with Crippen LogP contribution < -0.4 is 14.8 Å². The lowest BCUT2D eigenvalue weighted by Crippen LogP contribution is -2.35. The molecule has 1 saturated carbocycles. The number of rotatable bonds is 5. The van der Waals surface area contributed by atoms with Gasteiger partial charge in [0.15, 0.2) is 0 Å². The van der Waals surface area contributed by atoms with Crippen LogP contribution in [0.2, 0.25) is 0 Å². The zero-order valence-electron chi connectivity index (χ0n) is 13.2. The van der Waals surface area contributed by atoms with E-state index in [0.29, 0.717) is 11.5 Å². The van der Waals surface area contributed by atoms with Crippen molar-refractivity contribution in [2.75, 3.05) is 14.2 Å². The molecular formula is C17H27NO2. The van der Waals surface area contributed by atoms with E-state index >= 15 is 0 Å². The molecule has 112 valence electrons. The van der Waals surface area contributed by atoms with E-state index < -0.39 is 0 Å². The van der Waals surface area contributed by atoms with Crippen molar-refractivity contribution < 1.29 is 9.47 Å². The molecule has 0 radical (unpaired) electrons. The van der Waals surface area contributed by atoms with Gasteiger partial charge in [-0.1, -0.05) is 13.8 Å². The quantitative estimate of drug-likeness (QED) is 0.889. The standard InChI is InChI=1S/C17H27NO2/c1-17(2)7-5-14(6-8-17)18-12-13-9-15(19-3)11-16(10-13)20-4/h9-11,14,18H,5-8,12H2,1-4H3. The third-order valence-electron chi connectivity index (χ3n) is 4.35. The normalized spacial score (nSPS) is 18.8. The van der Waals surface area contributed by atoms with Crippen molar-refractivity contribution in [3.63, 3.8) is 0 Å². The molecule has 0 heterocycles. The molecule has 0 spiro atoms. The van der Waals surface area contributed by atoms with E-state index in [4.69, 9.17) is 9.47 Å². The van der Waals surface area contributed by atoms with Gasteiger partial charge in [0.05, 0.1) is 14.2 Å². The van der Waals surface area contributed by atoms with Gasteiger partial charge in [0.1, 0.15) is 11.5 Å². The summed E-state index contributed by atoms with van der Waals surface area (Å²) in [6.07, 6.45) is 5.17. The number of benzene rings is 1. The molecule has 1 aliphatic carbocycles. The van der Waals surface area contributed by atoms with Gasteiger partial charge in [-0.2, -0.15) is 0 Å². The Bertz CT molecular complexity index is 410. The lowest BCUT2D eigenvalue weighted by molar-refractivity contribution is 0.206. The van der Waals surface area contributed by atoms with Crippen molar-refractivity contribution in [1.82, 2.24) is 5.32 Å². The molecule has 1 aromatic rings. The predicted octanol–water partition coefficient (Wildman–Crippen LogP) is 3.76. The van der Waals surface area contributed by atoms with Gasteiger partial charge in [-0.15, -0.1) is 0 Å². The fourth-order valence-electron chi connectivity index (χ4n) is 2.83. The van der Waals surface area contributed by atoms with Gasteiger partial charge < -0.3 is 14.8 Å². The van der Waals surface area contributed by atoms with Gasteiger partial charge in [0.2, 0.25) is 0 Å². The van der Waals surface area contributed by atoms with Crippen molar-refractivity contribution >= 4 is 0 Å². The molecule has 1 aromatic carbocycles. The Labute approximate surface area is 122 Å². The van der Waals surface area contributed by atoms with E-state index in [1.807, 2.05) is 6.07 Å². The van der Waals surface area contributed by atoms with Gasteiger partial charge in [-0.05, 0) is 48.8 Å². The van der Waals surface area contributed by atoms with Gasteiger partial charge >= 0.3 is 0 Å². The summed E-state index contributed by atoms with van der Waals surface area (Å²) in [5.41, 5.74) is 1.74. The first-order valence-corrected chi connectivity index (χ1v) is 7.48. The molecule has 3 heteroatoms. The molecule has 0 saturated heterocycles. The highest BCUT2D eigenvalue weighted by atomic mass is 16.5. The van der Waals surface area contributed by atoms with Crippen LogP contribution in [0.25, 0.3) is 0 Å². The topological polar surface area (TPSA) is 30.5 Å². The minimum atomic E-state index is 0.525. The highest BCUT2D eigenvalue weighted by Gasteiger charge is 2.26. The summed E-state index contributed by atoms with van der Waals surface area (Å²) >= 11 is 0. The summed E-state index contributed by atoms with van der Waals surface area (Å²) in [4.78, 5) is 0. The van der Waals surface area contributed by atoms with Gasteiger partial charge in [-0.3, -0.25) is 0 Å². The van der Waals surface area contributed by atoms with Crippen LogP contribution in [0.15, 0.2) is 18.2 Å². The average molecular weight is 277 g/mol. The highest BCUT2D eigenvalue weighted by Crippen LogP contribution is 2.35. The second kappa shape index (κ2) is 6.49. The monoisotopic (exact) mass is 277 g/mol. The molecule has 0 amide bonds. The molecule has 1 fully saturated rings. The van der Waals surface area contributed by atoms with Crippen molar-refractivity contribution in [2.24, 2.45) is 5.41 Å². The molecule has 1 N–H and O–H groups in total.